The normalized spacial score (nSPS) is 10.7. The van der Waals surface area contributed by atoms with Crippen LogP contribution >= 0.6 is 11.8 Å². The summed E-state index contributed by atoms with van der Waals surface area (Å²) in [6.07, 6.45) is 2.94. The van der Waals surface area contributed by atoms with E-state index in [2.05, 4.69) is 10.2 Å². The van der Waals surface area contributed by atoms with Crippen LogP contribution in [0.4, 0.5) is 0 Å². The van der Waals surface area contributed by atoms with Gasteiger partial charge in [0.15, 0.2) is 0 Å². The Morgan fingerprint density at radius 2 is 1.89 bits per heavy atom. The van der Waals surface area contributed by atoms with Crippen LogP contribution in [0.3, 0.4) is 0 Å². The summed E-state index contributed by atoms with van der Waals surface area (Å²) in [7, 11) is 0. The monoisotopic (exact) mass is 264 g/mol. The Bertz CT molecular complexity index is 459. The fourth-order valence-corrected chi connectivity index (χ4v) is 2.28. The van der Waals surface area contributed by atoms with Crippen LogP contribution in [-0.2, 0) is 0 Å². The lowest BCUT2D eigenvalue weighted by Crippen LogP contribution is -1.85. The molecule has 0 unspecified atom stereocenters. The summed E-state index contributed by atoms with van der Waals surface area (Å²) >= 11 is 1.56. The van der Waals surface area contributed by atoms with Gasteiger partial charge in [-0.2, -0.15) is 0 Å². The molecule has 0 radical (unpaired) electrons. The van der Waals surface area contributed by atoms with E-state index in [9.17, 15) is 0 Å². The van der Waals surface area contributed by atoms with Crippen LogP contribution in [0.15, 0.2) is 40.0 Å². The Balaban J connectivity index is 1.83. The van der Waals surface area contributed by atoms with Crippen LogP contribution in [0.1, 0.15) is 19.3 Å². The van der Waals surface area contributed by atoms with Crippen molar-refractivity contribution in [2.75, 3.05) is 12.4 Å². The standard InChI is InChI=1S/C13H16N2O2S/c16-9-5-2-6-10-18-13-15-14-12(17-13)11-7-3-1-4-8-11/h1,3-4,7-8,16H,2,5-6,9-10H2. The second-order valence-electron chi connectivity index (χ2n) is 3.87. The highest BCUT2D eigenvalue weighted by atomic mass is 32.2. The molecular formula is C13H16N2O2S. The maximum Gasteiger partial charge on any atom is 0.276 e. The van der Waals surface area contributed by atoms with Crippen molar-refractivity contribution in [2.24, 2.45) is 0 Å². The molecule has 2 aromatic rings. The Hall–Kier alpha value is -1.33. The van der Waals surface area contributed by atoms with Gasteiger partial charge in [-0.25, -0.2) is 0 Å². The van der Waals surface area contributed by atoms with E-state index in [1.165, 1.54) is 0 Å². The molecule has 0 fully saturated rings. The molecule has 0 aliphatic heterocycles. The van der Waals surface area contributed by atoms with Crippen molar-refractivity contribution in [2.45, 2.75) is 24.5 Å². The number of hydrogen-bond donors (Lipinski definition) is 1. The molecule has 1 heterocycles. The first-order valence-corrected chi connectivity index (χ1v) is 7.01. The van der Waals surface area contributed by atoms with Gasteiger partial charge in [0.1, 0.15) is 0 Å². The summed E-state index contributed by atoms with van der Waals surface area (Å²) in [5.74, 6) is 1.50. The zero-order valence-corrected chi connectivity index (χ0v) is 10.9. The summed E-state index contributed by atoms with van der Waals surface area (Å²) in [6, 6.07) is 9.74. The third-order valence-corrected chi connectivity index (χ3v) is 3.36. The molecule has 2 rings (SSSR count). The van der Waals surface area contributed by atoms with E-state index in [0.717, 1.165) is 30.6 Å². The van der Waals surface area contributed by atoms with Gasteiger partial charge >= 0.3 is 0 Å². The minimum atomic E-state index is 0.267. The van der Waals surface area contributed by atoms with Crippen molar-refractivity contribution in [1.29, 1.82) is 0 Å². The molecule has 18 heavy (non-hydrogen) atoms. The van der Waals surface area contributed by atoms with Gasteiger partial charge in [-0.3, -0.25) is 0 Å². The van der Waals surface area contributed by atoms with Crippen LogP contribution in [0.5, 0.6) is 0 Å². The van der Waals surface area contributed by atoms with Gasteiger partial charge in [-0.1, -0.05) is 36.4 Å². The number of unbranched alkanes of at least 4 members (excludes halogenated alkanes) is 2. The van der Waals surface area contributed by atoms with Gasteiger partial charge in [-0.05, 0) is 25.0 Å². The van der Waals surface area contributed by atoms with Crippen molar-refractivity contribution >= 4 is 11.8 Å². The number of aliphatic hydroxyl groups is 1. The van der Waals surface area contributed by atoms with Gasteiger partial charge in [0.05, 0.1) is 0 Å². The van der Waals surface area contributed by atoms with E-state index >= 15 is 0 Å². The van der Waals surface area contributed by atoms with Gasteiger partial charge < -0.3 is 9.52 Å². The average molecular weight is 264 g/mol. The number of hydrogen-bond acceptors (Lipinski definition) is 5. The number of nitrogens with zero attached hydrogens (tertiary/aromatic N) is 2. The fourth-order valence-electron chi connectivity index (χ4n) is 1.52. The zero-order valence-electron chi connectivity index (χ0n) is 10.1. The number of benzene rings is 1. The van der Waals surface area contributed by atoms with Crippen LogP contribution in [-0.4, -0.2) is 27.7 Å². The summed E-state index contributed by atoms with van der Waals surface area (Å²) < 4.78 is 5.57. The SMILES string of the molecule is OCCCCCSc1nnc(-c2ccccc2)o1. The van der Waals surface area contributed by atoms with E-state index in [4.69, 9.17) is 9.52 Å². The van der Waals surface area contributed by atoms with Crippen LogP contribution in [0.2, 0.25) is 0 Å². The Labute approximate surface area is 110 Å². The first kappa shape index (κ1) is 13.1. The molecule has 0 aliphatic rings. The lowest BCUT2D eigenvalue weighted by atomic mass is 10.2. The number of aliphatic hydroxyl groups excluding tert-OH is 1. The zero-order chi connectivity index (χ0) is 12.6. The molecule has 4 nitrogen and oxygen atoms in total. The molecule has 0 atom stereocenters. The Morgan fingerprint density at radius 3 is 2.67 bits per heavy atom. The largest absolute Gasteiger partial charge is 0.411 e. The minimum Gasteiger partial charge on any atom is -0.411 e. The van der Waals surface area contributed by atoms with Crippen molar-refractivity contribution < 1.29 is 9.52 Å². The van der Waals surface area contributed by atoms with Crippen molar-refractivity contribution in [3.63, 3.8) is 0 Å². The molecule has 1 aromatic heterocycles. The topological polar surface area (TPSA) is 59.2 Å². The molecule has 5 heteroatoms. The third kappa shape index (κ3) is 3.85. The Morgan fingerprint density at radius 1 is 1.06 bits per heavy atom. The van der Waals surface area contributed by atoms with E-state index in [-0.39, 0.29) is 6.61 Å². The van der Waals surface area contributed by atoms with Gasteiger partial charge in [0.25, 0.3) is 5.22 Å². The smallest absolute Gasteiger partial charge is 0.276 e. The van der Waals surface area contributed by atoms with Gasteiger partial charge in [0, 0.05) is 17.9 Å². The number of thioether (sulfide) groups is 1. The summed E-state index contributed by atoms with van der Waals surface area (Å²) in [6.45, 7) is 0.267. The van der Waals surface area contributed by atoms with Crippen molar-refractivity contribution in [3.8, 4) is 11.5 Å². The van der Waals surface area contributed by atoms with Crippen molar-refractivity contribution in [1.82, 2.24) is 10.2 Å². The van der Waals surface area contributed by atoms with Gasteiger partial charge in [0.2, 0.25) is 5.89 Å². The van der Waals surface area contributed by atoms with Crippen LogP contribution in [0, 0.1) is 0 Å². The molecule has 1 N–H and O–H groups in total. The van der Waals surface area contributed by atoms with E-state index in [0.29, 0.717) is 11.1 Å². The molecule has 1 aromatic carbocycles. The lowest BCUT2D eigenvalue weighted by Gasteiger charge is -1.96. The molecule has 0 aliphatic carbocycles. The fraction of sp³-hybridized carbons (Fsp3) is 0.385. The molecular weight excluding hydrogens is 248 g/mol. The minimum absolute atomic E-state index is 0.267. The molecule has 0 spiro atoms. The second kappa shape index (κ2) is 7.18. The molecule has 0 amide bonds. The number of aromatic nitrogens is 2. The highest BCUT2D eigenvalue weighted by Crippen LogP contribution is 2.23. The maximum absolute atomic E-state index is 8.66. The first-order valence-electron chi connectivity index (χ1n) is 6.03. The lowest BCUT2D eigenvalue weighted by molar-refractivity contribution is 0.284. The molecule has 0 saturated carbocycles. The van der Waals surface area contributed by atoms with Crippen LogP contribution < -0.4 is 0 Å². The van der Waals surface area contributed by atoms with E-state index in [1.807, 2.05) is 30.3 Å². The van der Waals surface area contributed by atoms with Crippen molar-refractivity contribution in [3.05, 3.63) is 30.3 Å². The molecule has 96 valence electrons. The maximum atomic E-state index is 8.66. The molecule has 0 bridgehead atoms. The summed E-state index contributed by atoms with van der Waals surface area (Å²) in [5.41, 5.74) is 0.942. The summed E-state index contributed by atoms with van der Waals surface area (Å²) in [4.78, 5) is 0. The average Bonchev–Trinajstić information content (AvgIpc) is 2.88. The third-order valence-electron chi connectivity index (χ3n) is 2.46. The highest BCUT2D eigenvalue weighted by Gasteiger charge is 2.07. The number of rotatable bonds is 7. The summed E-state index contributed by atoms with van der Waals surface area (Å²) in [5, 5.41) is 17.3. The first-order chi connectivity index (χ1) is 8.90. The van der Waals surface area contributed by atoms with E-state index in [1.54, 1.807) is 11.8 Å². The second-order valence-corrected chi connectivity index (χ2v) is 4.92. The predicted octanol–water partition coefficient (Wildman–Crippen LogP) is 2.99. The van der Waals surface area contributed by atoms with Crippen LogP contribution in [0.25, 0.3) is 11.5 Å². The quantitative estimate of drug-likeness (QED) is 0.615. The van der Waals surface area contributed by atoms with E-state index < -0.39 is 0 Å². The predicted molar refractivity (Wildman–Crippen MR) is 71.4 cm³/mol. The Kier molecular flexibility index (Phi) is 5.23. The van der Waals surface area contributed by atoms with Gasteiger partial charge in [-0.15, -0.1) is 10.2 Å². The molecule has 0 saturated heterocycles. The highest BCUT2D eigenvalue weighted by molar-refractivity contribution is 7.99.